The van der Waals surface area contributed by atoms with E-state index in [4.69, 9.17) is 23.2 Å². The minimum Gasteiger partial charge on any atom is -0.374 e. The molecular formula is C22H18Cl2F2N6O. The molecule has 1 fully saturated rings. The molecule has 0 spiro atoms. The average molecular weight is 491 g/mol. The maximum absolute atomic E-state index is 15.0. The SMILES string of the molecule is CN1CCC(Nc2cc(F)c3ncn(-c4ccn[nH]4)c(=O)c3c2)(c2c(F)ccc(Cl)c2Cl)C1. The number of hydrogen-bond donors (Lipinski definition) is 2. The van der Waals surface area contributed by atoms with E-state index in [0.717, 1.165) is 0 Å². The van der Waals surface area contributed by atoms with E-state index in [1.807, 2.05) is 11.9 Å². The smallest absolute Gasteiger partial charge is 0.267 e. The van der Waals surface area contributed by atoms with Crippen LogP contribution in [-0.4, -0.2) is 44.8 Å². The van der Waals surface area contributed by atoms with Crippen LogP contribution in [0.15, 0.2) is 47.7 Å². The number of hydrogen-bond acceptors (Lipinski definition) is 5. The van der Waals surface area contributed by atoms with Crippen molar-refractivity contribution in [1.82, 2.24) is 24.6 Å². The number of nitrogens with zero attached hydrogens (tertiary/aromatic N) is 4. The van der Waals surface area contributed by atoms with Gasteiger partial charge in [0.05, 0.1) is 27.2 Å². The standard InChI is InChI=1S/C22H18Cl2F2N6O/c1-31-7-5-22(10-31,18-15(25)3-2-14(23)19(18)24)29-12-8-13-20(16(26)9-12)27-11-32(21(13)33)17-4-6-28-30-17/h2-4,6,8-9,11,29H,5,7,10H2,1H3,(H,28,30). The molecule has 0 amide bonds. The lowest BCUT2D eigenvalue weighted by Crippen LogP contribution is -2.39. The number of likely N-dealkylation sites (N-methyl/N-ethyl adjacent to an activating group) is 1. The van der Waals surface area contributed by atoms with Crippen molar-refractivity contribution in [3.05, 3.63) is 80.5 Å². The maximum Gasteiger partial charge on any atom is 0.267 e. The number of halogens is 4. The number of nitrogens with one attached hydrogen (secondary N) is 2. The molecule has 1 aliphatic heterocycles. The van der Waals surface area contributed by atoms with Gasteiger partial charge in [0.2, 0.25) is 0 Å². The van der Waals surface area contributed by atoms with Crippen molar-refractivity contribution >= 4 is 39.8 Å². The van der Waals surface area contributed by atoms with E-state index < -0.39 is 22.7 Å². The Morgan fingerprint density at radius 3 is 2.70 bits per heavy atom. The van der Waals surface area contributed by atoms with Crippen molar-refractivity contribution in [2.75, 3.05) is 25.5 Å². The molecule has 3 heterocycles. The zero-order chi connectivity index (χ0) is 23.3. The summed E-state index contributed by atoms with van der Waals surface area (Å²) in [6.07, 6.45) is 3.22. The molecular weight excluding hydrogens is 473 g/mol. The number of rotatable bonds is 4. The summed E-state index contributed by atoms with van der Waals surface area (Å²) in [5.74, 6) is -0.797. The molecule has 33 heavy (non-hydrogen) atoms. The second-order valence-corrected chi connectivity index (χ2v) is 8.91. The van der Waals surface area contributed by atoms with Gasteiger partial charge in [-0.05, 0) is 37.7 Å². The molecule has 2 N–H and O–H groups in total. The lowest BCUT2D eigenvalue weighted by Gasteiger charge is -2.33. The van der Waals surface area contributed by atoms with E-state index >= 15 is 4.39 Å². The Balaban J connectivity index is 1.66. The highest BCUT2D eigenvalue weighted by atomic mass is 35.5. The van der Waals surface area contributed by atoms with Gasteiger partial charge >= 0.3 is 0 Å². The van der Waals surface area contributed by atoms with Gasteiger partial charge in [0, 0.05) is 30.4 Å². The Bertz CT molecular complexity index is 1420. The largest absolute Gasteiger partial charge is 0.374 e. The van der Waals surface area contributed by atoms with Crippen LogP contribution in [0.5, 0.6) is 0 Å². The van der Waals surface area contributed by atoms with Crippen LogP contribution in [-0.2, 0) is 5.54 Å². The Morgan fingerprint density at radius 2 is 2.00 bits per heavy atom. The summed E-state index contributed by atoms with van der Waals surface area (Å²) in [5, 5.41) is 10.2. The fourth-order valence-electron chi connectivity index (χ4n) is 4.43. The summed E-state index contributed by atoms with van der Waals surface area (Å²) in [7, 11) is 1.90. The molecule has 1 aliphatic rings. The molecule has 2 aromatic heterocycles. The molecule has 170 valence electrons. The molecule has 1 atom stereocenters. The minimum atomic E-state index is -0.981. The summed E-state index contributed by atoms with van der Waals surface area (Å²) in [6.45, 7) is 1.05. The highest BCUT2D eigenvalue weighted by molar-refractivity contribution is 6.42. The van der Waals surface area contributed by atoms with E-state index in [0.29, 0.717) is 31.0 Å². The van der Waals surface area contributed by atoms with Crippen LogP contribution < -0.4 is 10.9 Å². The normalized spacial score (nSPS) is 18.8. The molecule has 1 unspecified atom stereocenters. The number of fused-ring (bicyclic) bond motifs is 1. The first-order chi connectivity index (χ1) is 15.8. The summed E-state index contributed by atoms with van der Waals surface area (Å²) in [5.41, 5.74) is -1.01. The summed E-state index contributed by atoms with van der Waals surface area (Å²) < 4.78 is 31.3. The van der Waals surface area contributed by atoms with Gasteiger partial charge in [-0.2, -0.15) is 5.10 Å². The molecule has 4 aromatic rings. The number of likely N-dealkylation sites (tertiary alicyclic amines) is 1. The van der Waals surface area contributed by atoms with Crippen molar-refractivity contribution < 1.29 is 8.78 Å². The van der Waals surface area contributed by atoms with Crippen molar-refractivity contribution in [1.29, 1.82) is 0 Å². The summed E-state index contributed by atoms with van der Waals surface area (Å²) in [6, 6.07) is 7.01. The molecule has 0 bridgehead atoms. The third-order valence-corrected chi connectivity index (χ3v) is 6.73. The molecule has 11 heteroatoms. The lowest BCUT2D eigenvalue weighted by molar-refractivity contribution is 0.380. The van der Waals surface area contributed by atoms with Gasteiger partial charge in [-0.3, -0.25) is 14.5 Å². The minimum absolute atomic E-state index is 0.0637. The van der Waals surface area contributed by atoms with Crippen LogP contribution in [0.2, 0.25) is 10.0 Å². The summed E-state index contributed by atoms with van der Waals surface area (Å²) in [4.78, 5) is 19.2. The van der Waals surface area contributed by atoms with Crippen LogP contribution in [0.3, 0.4) is 0 Å². The van der Waals surface area contributed by atoms with Crippen LogP contribution in [0.4, 0.5) is 14.5 Å². The predicted molar refractivity (Wildman–Crippen MR) is 123 cm³/mol. The van der Waals surface area contributed by atoms with Crippen LogP contribution >= 0.6 is 23.2 Å². The first kappa shape index (κ1) is 21.8. The number of aromatic amines is 1. The first-order valence-corrected chi connectivity index (χ1v) is 10.9. The van der Waals surface area contributed by atoms with Gasteiger partial charge in [-0.25, -0.2) is 13.8 Å². The van der Waals surface area contributed by atoms with E-state index in [1.165, 1.54) is 41.4 Å². The maximum atomic E-state index is 15.0. The fraction of sp³-hybridized carbons (Fsp3) is 0.227. The molecule has 1 saturated heterocycles. The number of aromatic nitrogens is 4. The zero-order valence-electron chi connectivity index (χ0n) is 17.4. The van der Waals surface area contributed by atoms with Gasteiger partial charge in [0.25, 0.3) is 5.56 Å². The van der Waals surface area contributed by atoms with Crippen molar-refractivity contribution in [2.45, 2.75) is 12.0 Å². The first-order valence-electron chi connectivity index (χ1n) is 10.1. The van der Waals surface area contributed by atoms with E-state index in [1.54, 1.807) is 6.07 Å². The highest BCUT2D eigenvalue weighted by Gasteiger charge is 2.42. The van der Waals surface area contributed by atoms with Crippen molar-refractivity contribution in [3.8, 4) is 5.82 Å². The van der Waals surface area contributed by atoms with Crippen molar-refractivity contribution in [2.24, 2.45) is 0 Å². The van der Waals surface area contributed by atoms with Gasteiger partial charge < -0.3 is 10.2 Å². The molecule has 0 saturated carbocycles. The number of anilines is 1. The summed E-state index contributed by atoms with van der Waals surface area (Å²) >= 11 is 12.6. The number of H-pyrrole nitrogens is 1. The van der Waals surface area contributed by atoms with Gasteiger partial charge in [0.1, 0.15) is 23.5 Å². The average Bonchev–Trinajstić information content (AvgIpc) is 3.43. The van der Waals surface area contributed by atoms with Crippen molar-refractivity contribution in [3.63, 3.8) is 0 Å². The van der Waals surface area contributed by atoms with Crippen LogP contribution in [0.25, 0.3) is 16.7 Å². The Labute approximate surface area is 197 Å². The number of benzene rings is 2. The van der Waals surface area contributed by atoms with E-state index in [-0.39, 0.29) is 26.5 Å². The molecule has 2 aromatic carbocycles. The third kappa shape index (κ3) is 3.66. The highest BCUT2D eigenvalue weighted by Crippen LogP contribution is 2.42. The third-order valence-electron chi connectivity index (χ3n) is 5.93. The van der Waals surface area contributed by atoms with Gasteiger partial charge in [0.15, 0.2) is 5.82 Å². The Hall–Kier alpha value is -3.01. The molecule has 7 nitrogen and oxygen atoms in total. The Morgan fingerprint density at radius 1 is 1.18 bits per heavy atom. The molecule has 0 aliphatic carbocycles. The second-order valence-electron chi connectivity index (χ2n) is 8.13. The quantitative estimate of drug-likeness (QED) is 0.416. The monoisotopic (exact) mass is 490 g/mol. The second kappa shape index (κ2) is 8.09. The zero-order valence-corrected chi connectivity index (χ0v) is 18.9. The van der Waals surface area contributed by atoms with Gasteiger partial charge in [-0.15, -0.1) is 0 Å². The van der Waals surface area contributed by atoms with E-state index in [2.05, 4.69) is 20.5 Å². The van der Waals surface area contributed by atoms with Crippen LogP contribution in [0.1, 0.15) is 12.0 Å². The Kier molecular flexibility index (Phi) is 5.35. The van der Waals surface area contributed by atoms with Crippen LogP contribution in [0, 0.1) is 11.6 Å². The van der Waals surface area contributed by atoms with Gasteiger partial charge in [-0.1, -0.05) is 23.2 Å². The lowest BCUT2D eigenvalue weighted by atomic mass is 9.87. The topological polar surface area (TPSA) is 78.8 Å². The predicted octanol–water partition coefficient (Wildman–Crippen LogP) is 4.34. The molecule has 5 rings (SSSR count). The van der Waals surface area contributed by atoms with E-state index in [9.17, 15) is 9.18 Å². The fourth-order valence-corrected chi connectivity index (χ4v) is 4.92. The molecule has 0 radical (unpaired) electrons.